The van der Waals surface area contributed by atoms with E-state index in [4.69, 9.17) is 0 Å². The van der Waals surface area contributed by atoms with E-state index in [9.17, 15) is 18.3 Å². The van der Waals surface area contributed by atoms with E-state index in [1.165, 1.54) is 0 Å². The van der Waals surface area contributed by atoms with Gasteiger partial charge in [-0.1, -0.05) is 13.8 Å². The SMILES string of the molecule is CCC(CC)(CO)CNc1nc(F)c(F)cc1F. The molecule has 0 atom stereocenters. The molecule has 1 rings (SSSR count). The molecule has 0 amide bonds. The summed E-state index contributed by atoms with van der Waals surface area (Å²) in [4.78, 5) is 3.17. The zero-order chi connectivity index (χ0) is 13.8. The predicted molar refractivity (Wildman–Crippen MR) is 62.7 cm³/mol. The van der Waals surface area contributed by atoms with Gasteiger partial charge in [-0.15, -0.1) is 0 Å². The molecule has 3 nitrogen and oxygen atoms in total. The van der Waals surface area contributed by atoms with Crippen LogP contribution in [0.5, 0.6) is 0 Å². The molecule has 0 saturated carbocycles. The van der Waals surface area contributed by atoms with Crippen LogP contribution < -0.4 is 5.32 Å². The summed E-state index contributed by atoms with van der Waals surface area (Å²) in [7, 11) is 0. The third-order valence-corrected chi connectivity index (χ3v) is 3.35. The number of pyridine rings is 1. The fourth-order valence-electron chi connectivity index (χ4n) is 1.62. The van der Waals surface area contributed by atoms with Crippen LogP contribution in [0.4, 0.5) is 19.0 Å². The number of rotatable bonds is 6. The fourth-order valence-corrected chi connectivity index (χ4v) is 1.62. The maximum absolute atomic E-state index is 13.3. The van der Waals surface area contributed by atoms with Gasteiger partial charge >= 0.3 is 0 Å². The lowest BCUT2D eigenvalue weighted by atomic mass is 9.83. The van der Waals surface area contributed by atoms with Gasteiger partial charge in [-0.3, -0.25) is 0 Å². The van der Waals surface area contributed by atoms with Gasteiger partial charge in [0.15, 0.2) is 17.5 Å². The van der Waals surface area contributed by atoms with E-state index in [-0.39, 0.29) is 19.0 Å². The Bertz CT molecular complexity index is 400. The Labute approximate surface area is 104 Å². The highest BCUT2D eigenvalue weighted by molar-refractivity contribution is 5.36. The molecular formula is C12H17F3N2O. The van der Waals surface area contributed by atoms with Crippen LogP contribution in [0.15, 0.2) is 6.07 Å². The highest BCUT2D eigenvalue weighted by Crippen LogP contribution is 2.26. The molecule has 1 heterocycles. The van der Waals surface area contributed by atoms with E-state index in [1.54, 1.807) is 0 Å². The number of aliphatic hydroxyl groups excluding tert-OH is 1. The molecule has 1 aromatic heterocycles. The van der Waals surface area contributed by atoms with Gasteiger partial charge in [-0.05, 0) is 12.8 Å². The number of aliphatic hydroxyl groups is 1. The monoisotopic (exact) mass is 262 g/mol. The minimum atomic E-state index is -1.35. The van der Waals surface area contributed by atoms with E-state index >= 15 is 0 Å². The highest BCUT2D eigenvalue weighted by Gasteiger charge is 2.25. The number of halogens is 3. The fraction of sp³-hybridized carbons (Fsp3) is 0.583. The molecule has 0 saturated heterocycles. The predicted octanol–water partition coefficient (Wildman–Crippen LogP) is 2.71. The topological polar surface area (TPSA) is 45.1 Å². The number of anilines is 1. The first-order chi connectivity index (χ1) is 8.48. The van der Waals surface area contributed by atoms with Crippen LogP contribution in [-0.2, 0) is 0 Å². The zero-order valence-electron chi connectivity index (χ0n) is 10.4. The Hall–Kier alpha value is -1.30. The maximum Gasteiger partial charge on any atom is 0.251 e. The summed E-state index contributed by atoms with van der Waals surface area (Å²) in [5.74, 6) is -3.96. The summed E-state index contributed by atoms with van der Waals surface area (Å²) in [6.07, 6.45) is 1.36. The summed E-state index contributed by atoms with van der Waals surface area (Å²) >= 11 is 0. The van der Waals surface area contributed by atoms with Crippen LogP contribution in [-0.4, -0.2) is 23.2 Å². The maximum atomic E-state index is 13.3. The summed E-state index contributed by atoms with van der Waals surface area (Å²) < 4.78 is 38.9. The molecule has 0 aliphatic heterocycles. The van der Waals surface area contributed by atoms with Crippen molar-refractivity contribution >= 4 is 5.82 Å². The number of nitrogens with one attached hydrogen (secondary N) is 1. The summed E-state index contributed by atoms with van der Waals surface area (Å²) in [5, 5.41) is 12.0. The third-order valence-electron chi connectivity index (χ3n) is 3.35. The number of hydrogen-bond acceptors (Lipinski definition) is 3. The van der Waals surface area contributed by atoms with Crippen LogP contribution in [0.2, 0.25) is 0 Å². The zero-order valence-corrected chi connectivity index (χ0v) is 10.4. The van der Waals surface area contributed by atoms with Crippen LogP contribution >= 0.6 is 0 Å². The van der Waals surface area contributed by atoms with Crippen molar-refractivity contribution in [2.75, 3.05) is 18.5 Å². The lowest BCUT2D eigenvalue weighted by molar-refractivity contribution is 0.127. The first kappa shape index (κ1) is 14.8. The van der Waals surface area contributed by atoms with E-state index in [0.29, 0.717) is 18.9 Å². The Balaban J connectivity index is 2.83. The van der Waals surface area contributed by atoms with Gasteiger partial charge in [0.25, 0.3) is 5.95 Å². The second-order valence-corrected chi connectivity index (χ2v) is 4.31. The van der Waals surface area contributed by atoms with Crippen molar-refractivity contribution < 1.29 is 18.3 Å². The molecule has 0 spiro atoms. The lowest BCUT2D eigenvalue weighted by Crippen LogP contribution is -2.32. The van der Waals surface area contributed by atoms with E-state index in [2.05, 4.69) is 10.3 Å². The standard InChI is InChI=1S/C12H17F3N2O/c1-3-12(4-2,7-18)6-16-11-9(14)5-8(13)10(15)17-11/h5,18H,3-4,6-7H2,1-2H3,(H,16,17). The number of aromatic nitrogens is 1. The largest absolute Gasteiger partial charge is 0.396 e. The van der Waals surface area contributed by atoms with Gasteiger partial charge in [0, 0.05) is 18.0 Å². The van der Waals surface area contributed by atoms with Crippen molar-refractivity contribution in [3.63, 3.8) is 0 Å². The van der Waals surface area contributed by atoms with Crippen molar-refractivity contribution in [1.82, 2.24) is 4.98 Å². The molecule has 2 N–H and O–H groups in total. The van der Waals surface area contributed by atoms with Crippen molar-refractivity contribution in [1.29, 1.82) is 0 Å². The molecule has 6 heteroatoms. The van der Waals surface area contributed by atoms with Crippen molar-refractivity contribution in [3.05, 3.63) is 23.6 Å². The van der Waals surface area contributed by atoms with Crippen LogP contribution in [0.3, 0.4) is 0 Å². The average Bonchev–Trinajstić information content (AvgIpc) is 2.37. The van der Waals surface area contributed by atoms with E-state index in [1.807, 2.05) is 13.8 Å². The quantitative estimate of drug-likeness (QED) is 0.775. The smallest absolute Gasteiger partial charge is 0.251 e. The Morgan fingerprint density at radius 1 is 1.22 bits per heavy atom. The van der Waals surface area contributed by atoms with E-state index in [0.717, 1.165) is 0 Å². The highest BCUT2D eigenvalue weighted by atomic mass is 19.2. The lowest BCUT2D eigenvalue weighted by Gasteiger charge is -2.29. The molecule has 18 heavy (non-hydrogen) atoms. The van der Waals surface area contributed by atoms with Gasteiger partial charge in [0.05, 0.1) is 6.61 Å². The molecule has 1 aromatic rings. The molecule has 102 valence electrons. The third kappa shape index (κ3) is 3.13. The molecule has 0 aliphatic rings. The summed E-state index contributed by atoms with van der Waals surface area (Å²) in [6.45, 7) is 3.97. The minimum absolute atomic E-state index is 0.0711. The Kier molecular flexibility index (Phi) is 4.95. The molecule has 0 fully saturated rings. The van der Waals surface area contributed by atoms with Crippen LogP contribution in [0.1, 0.15) is 26.7 Å². The summed E-state index contributed by atoms with van der Waals surface area (Å²) in [5.41, 5.74) is -0.418. The van der Waals surface area contributed by atoms with Gasteiger partial charge in [0.2, 0.25) is 0 Å². The first-order valence-corrected chi connectivity index (χ1v) is 5.84. The van der Waals surface area contributed by atoms with Crippen molar-refractivity contribution in [3.8, 4) is 0 Å². The number of hydrogen-bond donors (Lipinski definition) is 2. The molecule has 0 aliphatic carbocycles. The molecular weight excluding hydrogens is 245 g/mol. The number of nitrogens with zero attached hydrogens (tertiary/aromatic N) is 1. The average molecular weight is 262 g/mol. The van der Waals surface area contributed by atoms with Crippen LogP contribution in [0.25, 0.3) is 0 Å². The van der Waals surface area contributed by atoms with E-state index < -0.39 is 23.0 Å². The van der Waals surface area contributed by atoms with Gasteiger partial charge < -0.3 is 10.4 Å². The molecule has 0 bridgehead atoms. The van der Waals surface area contributed by atoms with Gasteiger partial charge in [-0.25, -0.2) is 8.78 Å². The minimum Gasteiger partial charge on any atom is -0.396 e. The normalized spacial score (nSPS) is 11.7. The van der Waals surface area contributed by atoms with Crippen molar-refractivity contribution in [2.24, 2.45) is 5.41 Å². The molecule has 0 radical (unpaired) electrons. The van der Waals surface area contributed by atoms with Crippen LogP contribution in [0, 0.1) is 23.0 Å². The summed E-state index contributed by atoms with van der Waals surface area (Å²) in [6, 6.07) is 0.448. The molecule has 0 unspecified atom stereocenters. The Morgan fingerprint density at radius 3 is 2.33 bits per heavy atom. The molecule has 0 aromatic carbocycles. The Morgan fingerprint density at radius 2 is 1.83 bits per heavy atom. The van der Waals surface area contributed by atoms with Gasteiger partial charge in [0.1, 0.15) is 0 Å². The second kappa shape index (κ2) is 6.04. The second-order valence-electron chi connectivity index (χ2n) is 4.31. The van der Waals surface area contributed by atoms with Gasteiger partial charge in [-0.2, -0.15) is 9.37 Å². The van der Waals surface area contributed by atoms with Crippen molar-refractivity contribution in [2.45, 2.75) is 26.7 Å². The first-order valence-electron chi connectivity index (χ1n) is 5.84.